The van der Waals surface area contributed by atoms with E-state index in [4.69, 9.17) is 5.11 Å². The number of aliphatic carboxylic acids is 1. The molecule has 2 rings (SSSR count). The highest BCUT2D eigenvalue weighted by Crippen LogP contribution is 2.24. The van der Waals surface area contributed by atoms with Gasteiger partial charge >= 0.3 is 5.97 Å². The summed E-state index contributed by atoms with van der Waals surface area (Å²) in [6, 6.07) is 6.26. The first-order valence-corrected chi connectivity index (χ1v) is 6.91. The molecule has 90 valence electrons. The average Bonchev–Trinajstić information content (AvgIpc) is 2.77. The number of amides is 1. The summed E-state index contributed by atoms with van der Waals surface area (Å²) in [6.07, 6.45) is 0. The van der Waals surface area contributed by atoms with Crippen LogP contribution in [-0.4, -0.2) is 39.6 Å². The molecule has 0 radical (unpaired) electrons. The lowest BCUT2D eigenvalue weighted by Gasteiger charge is -2.20. The van der Waals surface area contributed by atoms with Crippen LogP contribution in [0, 0.1) is 0 Å². The van der Waals surface area contributed by atoms with Crippen molar-refractivity contribution in [2.24, 2.45) is 0 Å². The molecule has 4 nitrogen and oxygen atoms in total. The standard InChI is InChI=1S/C11H10BrNO3S/c12-8-3-1-2-7(4-8)10(14)13-6-17-5-9(13)11(15)16/h1-4,9H,5-6H2,(H,15,16). The maximum atomic E-state index is 12.1. The second-order valence-electron chi connectivity index (χ2n) is 3.64. The molecule has 6 heteroatoms. The molecule has 1 aromatic carbocycles. The highest BCUT2D eigenvalue weighted by molar-refractivity contribution is 9.10. The van der Waals surface area contributed by atoms with Gasteiger partial charge < -0.3 is 10.0 Å². The molecule has 1 N–H and O–H groups in total. The molecule has 1 heterocycles. The number of hydrogen-bond donors (Lipinski definition) is 1. The van der Waals surface area contributed by atoms with Gasteiger partial charge in [0.1, 0.15) is 6.04 Å². The van der Waals surface area contributed by atoms with Gasteiger partial charge in [0.05, 0.1) is 5.88 Å². The number of hydrogen-bond acceptors (Lipinski definition) is 3. The smallest absolute Gasteiger partial charge is 0.327 e. The predicted molar refractivity (Wildman–Crippen MR) is 69.1 cm³/mol. The largest absolute Gasteiger partial charge is 0.480 e. The zero-order valence-corrected chi connectivity index (χ0v) is 11.2. The van der Waals surface area contributed by atoms with Gasteiger partial charge in [0.2, 0.25) is 0 Å². The quantitative estimate of drug-likeness (QED) is 0.907. The van der Waals surface area contributed by atoms with Crippen molar-refractivity contribution in [1.82, 2.24) is 4.90 Å². The van der Waals surface area contributed by atoms with Crippen molar-refractivity contribution >= 4 is 39.6 Å². The minimum atomic E-state index is -0.946. The van der Waals surface area contributed by atoms with E-state index in [-0.39, 0.29) is 5.91 Å². The van der Waals surface area contributed by atoms with Gasteiger partial charge in [-0.15, -0.1) is 11.8 Å². The molecule has 1 aliphatic rings. The van der Waals surface area contributed by atoms with Gasteiger partial charge in [-0.05, 0) is 18.2 Å². The van der Waals surface area contributed by atoms with Crippen LogP contribution < -0.4 is 0 Å². The first-order valence-electron chi connectivity index (χ1n) is 4.96. The first kappa shape index (κ1) is 12.4. The molecule has 0 aromatic heterocycles. The van der Waals surface area contributed by atoms with Crippen LogP contribution in [0.3, 0.4) is 0 Å². The van der Waals surface area contributed by atoms with Crippen molar-refractivity contribution in [2.75, 3.05) is 11.6 Å². The van der Waals surface area contributed by atoms with Gasteiger partial charge in [0.25, 0.3) is 5.91 Å². The Labute approximate surface area is 111 Å². The van der Waals surface area contributed by atoms with Gasteiger partial charge in [-0.1, -0.05) is 22.0 Å². The molecular formula is C11H10BrNO3S. The molecule has 1 atom stereocenters. The molecule has 1 saturated heterocycles. The van der Waals surface area contributed by atoms with E-state index in [2.05, 4.69) is 15.9 Å². The van der Waals surface area contributed by atoms with Crippen molar-refractivity contribution in [2.45, 2.75) is 6.04 Å². The summed E-state index contributed by atoms with van der Waals surface area (Å²) in [7, 11) is 0. The van der Waals surface area contributed by atoms with Crippen molar-refractivity contribution in [3.8, 4) is 0 Å². The Kier molecular flexibility index (Phi) is 3.73. The number of carbonyl (C=O) groups is 2. The third kappa shape index (κ3) is 2.63. The van der Waals surface area contributed by atoms with Gasteiger partial charge in [0, 0.05) is 15.8 Å². The lowest BCUT2D eigenvalue weighted by Crippen LogP contribution is -2.41. The molecule has 0 aliphatic carbocycles. The number of carbonyl (C=O) groups excluding carboxylic acids is 1. The molecule has 1 unspecified atom stereocenters. The molecule has 0 spiro atoms. The van der Waals surface area contributed by atoms with Crippen LogP contribution in [0.1, 0.15) is 10.4 Å². The number of carboxylic acid groups (broad SMARTS) is 1. The zero-order valence-electron chi connectivity index (χ0n) is 8.80. The second kappa shape index (κ2) is 5.10. The molecule has 17 heavy (non-hydrogen) atoms. The third-order valence-electron chi connectivity index (χ3n) is 2.50. The van der Waals surface area contributed by atoms with Gasteiger partial charge in [-0.25, -0.2) is 4.79 Å². The molecule has 0 saturated carbocycles. The lowest BCUT2D eigenvalue weighted by atomic mass is 10.2. The highest BCUT2D eigenvalue weighted by Gasteiger charge is 2.34. The fourth-order valence-electron chi connectivity index (χ4n) is 1.63. The number of thioether (sulfide) groups is 1. The van der Waals surface area contributed by atoms with Gasteiger partial charge in [0.15, 0.2) is 0 Å². The van der Waals surface area contributed by atoms with E-state index in [1.807, 2.05) is 6.07 Å². The predicted octanol–water partition coefficient (Wildman–Crippen LogP) is 2.05. The van der Waals surface area contributed by atoms with Crippen LogP contribution in [0.2, 0.25) is 0 Å². The van der Waals surface area contributed by atoms with Crippen LogP contribution in [0.4, 0.5) is 0 Å². The summed E-state index contributed by atoms with van der Waals surface area (Å²) in [6.45, 7) is 0. The second-order valence-corrected chi connectivity index (χ2v) is 5.55. The van der Waals surface area contributed by atoms with Crippen molar-refractivity contribution in [1.29, 1.82) is 0 Å². The summed E-state index contributed by atoms with van der Waals surface area (Å²) < 4.78 is 0.807. The fourth-order valence-corrected chi connectivity index (χ4v) is 3.18. The SMILES string of the molecule is O=C(O)C1CSCN1C(=O)c1cccc(Br)c1. The number of nitrogens with zero attached hydrogens (tertiary/aromatic N) is 1. The van der Waals surface area contributed by atoms with Gasteiger partial charge in [-0.2, -0.15) is 0 Å². The van der Waals surface area contributed by atoms with E-state index >= 15 is 0 Å². The van der Waals surface area contributed by atoms with E-state index < -0.39 is 12.0 Å². The maximum Gasteiger partial charge on any atom is 0.327 e. The minimum absolute atomic E-state index is 0.233. The van der Waals surface area contributed by atoms with E-state index in [0.29, 0.717) is 17.2 Å². The van der Waals surface area contributed by atoms with Crippen LogP contribution in [0.15, 0.2) is 28.7 Å². The topological polar surface area (TPSA) is 57.6 Å². The average molecular weight is 316 g/mol. The van der Waals surface area contributed by atoms with Crippen molar-refractivity contribution in [3.05, 3.63) is 34.3 Å². The number of rotatable bonds is 2. The summed E-state index contributed by atoms with van der Waals surface area (Å²) in [4.78, 5) is 24.5. The summed E-state index contributed by atoms with van der Waals surface area (Å²) in [5.74, 6) is -0.292. The van der Waals surface area contributed by atoms with Crippen LogP contribution in [0.5, 0.6) is 0 Å². The number of halogens is 1. The Bertz CT molecular complexity index is 466. The van der Waals surface area contributed by atoms with E-state index in [0.717, 1.165) is 4.47 Å². The first-order chi connectivity index (χ1) is 8.09. The summed E-state index contributed by atoms with van der Waals surface area (Å²) >= 11 is 4.75. The lowest BCUT2D eigenvalue weighted by molar-refractivity contribution is -0.140. The number of carboxylic acids is 1. The molecule has 1 aliphatic heterocycles. The fraction of sp³-hybridized carbons (Fsp3) is 0.273. The van der Waals surface area contributed by atoms with E-state index in [9.17, 15) is 9.59 Å². The Morgan fingerprint density at radius 2 is 2.24 bits per heavy atom. The monoisotopic (exact) mass is 315 g/mol. The normalized spacial score (nSPS) is 19.4. The Morgan fingerprint density at radius 1 is 1.47 bits per heavy atom. The molecule has 0 bridgehead atoms. The number of benzene rings is 1. The molecular weight excluding hydrogens is 306 g/mol. The van der Waals surface area contributed by atoms with Crippen LogP contribution in [-0.2, 0) is 4.79 Å². The molecule has 1 amide bonds. The highest BCUT2D eigenvalue weighted by atomic mass is 79.9. The summed E-state index contributed by atoms with van der Waals surface area (Å²) in [5.41, 5.74) is 0.508. The summed E-state index contributed by atoms with van der Waals surface area (Å²) in [5, 5.41) is 9.02. The minimum Gasteiger partial charge on any atom is -0.480 e. The maximum absolute atomic E-state index is 12.1. The van der Waals surface area contributed by atoms with E-state index in [1.165, 1.54) is 16.7 Å². The zero-order chi connectivity index (χ0) is 12.4. The van der Waals surface area contributed by atoms with Gasteiger partial charge in [-0.3, -0.25) is 4.79 Å². The Morgan fingerprint density at radius 3 is 2.88 bits per heavy atom. The Hall–Kier alpha value is -1.01. The molecule has 1 aromatic rings. The molecule has 1 fully saturated rings. The van der Waals surface area contributed by atoms with Crippen LogP contribution in [0.25, 0.3) is 0 Å². The van der Waals surface area contributed by atoms with Crippen molar-refractivity contribution in [3.63, 3.8) is 0 Å². The van der Waals surface area contributed by atoms with E-state index in [1.54, 1.807) is 18.2 Å². The van der Waals surface area contributed by atoms with Crippen LogP contribution >= 0.6 is 27.7 Å². The van der Waals surface area contributed by atoms with Crippen molar-refractivity contribution < 1.29 is 14.7 Å². The Balaban J connectivity index is 2.23. The third-order valence-corrected chi connectivity index (χ3v) is 4.01.